The van der Waals surface area contributed by atoms with E-state index in [0.29, 0.717) is 12.8 Å². The second kappa shape index (κ2) is 9.13. The molecule has 0 unspecified atom stereocenters. The molecule has 3 rings (SSSR count). The van der Waals surface area contributed by atoms with Gasteiger partial charge in [0.15, 0.2) is 6.10 Å². The average Bonchev–Trinajstić information content (AvgIpc) is 2.89. The normalized spacial score (nSPS) is 17.2. The zero-order valence-corrected chi connectivity index (χ0v) is 17.7. The number of benzene rings is 2. The van der Waals surface area contributed by atoms with Crippen molar-refractivity contribution in [1.29, 1.82) is 0 Å². The lowest BCUT2D eigenvalue weighted by Crippen LogP contribution is -2.43. The Labute approximate surface area is 182 Å². The molecule has 11 heteroatoms. The van der Waals surface area contributed by atoms with Gasteiger partial charge in [-0.1, -0.05) is 11.6 Å². The number of nitrogens with zero attached hydrogens (tertiary/aromatic N) is 1. The lowest BCUT2D eigenvalue weighted by Gasteiger charge is -2.23. The number of primary sulfonamides is 1. The standard InChI is InChI=1S/C20H18ClFN2O6S/c21-15-9-6-13(11-17(15)31(23,28)29)20(27)30-16-3-1-2-10-24(19(16)26)18(25)12-4-7-14(22)8-5-12/h4-9,11,16H,1-3,10H2,(H2,23,28,29)/t16-/m0/s1. The molecule has 0 bridgehead atoms. The zero-order valence-electron chi connectivity index (χ0n) is 16.1. The first-order valence-electron chi connectivity index (χ1n) is 9.22. The van der Waals surface area contributed by atoms with Crippen molar-refractivity contribution >= 4 is 39.4 Å². The monoisotopic (exact) mass is 468 g/mol. The van der Waals surface area contributed by atoms with Crippen LogP contribution in [0.1, 0.15) is 40.0 Å². The number of carbonyl (C=O) groups excluding carboxylic acids is 3. The third-order valence-corrected chi connectivity index (χ3v) is 6.09. The number of nitrogens with two attached hydrogens (primary N) is 1. The van der Waals surface area contributed by atoms with E-state index >= 15 is 0 Å². The zero-order chi connectivity index (χ0) is 22.8. The molecule has 1 aliphatic heterocycles. The lowest BCUT2D eigenvalue weighted by atomic mass is 10.1. The Bertz CT molecular complexity index is 1140. The van der Waals surface area contributed by atoms with Gasteiger partial charge in [-0.05, 0) is 61.7 Å². The highest BCUT2D eigenvalue weighted by Gasteiger charge is 2.34. The summed E-state index contributed by atoms with van der Waals surface area (Å²) in [5.74, 6) is -2.82. The van der Waals surface area contributed by atoms with Crippen LogP contribution in [0, 0.1) is 5.82 Å². The van der Waals surface area contributed by atoms with Gasteiger partial charge in [0, 0.05) is 12.1 Å². The molecule has 2 amide bonds. The van der Waals surface area contributed by atoms with Gasteiger partial charge in [0.1, 0.15) is 10.7 Å². The molecule has 8 nitrogen and oxygen atoms in total. The summed E-state index contributed by atoms with van der Waals surface area (Å²) in [6, 6.07) is 8.12. The van der Waals surface area contributed by atoms with Gasteiger partial charge in [-0.25, -0.2) is 22.7 Å². The van der Waals surface area contributed by atoms with E-state index in [1.54, 1.807) is 0 Å². The minimum atomic E-state index is -4.18. The number of carbonyl (C=O) groups is 3. The summed E-state index contributed by atoms with van der Waals surface area (Å²) in [5.41, 5.74) is -0.0425. The van der Waals surface area contributed by atoms with Crippen LogP contribution in [0.5, 0.6) is 0 Å². The molecular formula is C20H18ClFN2O6S. The van der Waals surface area contributed by atoms with E-state index in [1.165, 1.54) is 24.3 Å². The van der Waals surface area contributed by atoms with E-state index in [9.17, 15) is 27.2 Å². The quantitative estimate of drug-likeness (QED) is 0.543. The molecular weight excluding hydrogens is 451 g/mol. The molecule has 31 heavy (non-hydrogen) atoms. The molecule has 2 aromatic carbocycles. The highest BCUT2D eigenvalue weighted by atomic mass is 35.5. The summed E-state index contributed by atoms with van der Waals surface area (Å²) in [5, 5.41) is 4.92. The molecule has 1 aliphatic rings. The fourth-order valence-corrected chi connectivity index (χ4v) is 4.18. The van der Waals surface area contributed by atoms with Crippen molar-refractivity contribution in [2.24, 2.45) is 5.14 Å². The van der Waals surface area contributed by atoms with Gasteiger partial charge >= 0.3 is 5.97 Å². The molecule has 0 saturated carbocycles. The van der Waals surface area contributed by atoms with Crippen LogP contribution in [0.4, 0.5) is 4.39 Å². The molecule has 0 aliphatic carbocycles. The van der Waals surface area contributed by atoms with Crippen molar-refractivity contribution in [3.8, 4) is 0 Å². The maximum absolute atomic E-state index is 13.1. The topological polar surface area (TPSA) is 124 Å². The van der Waals surface area contributed by atoms with Crippen LogP contribution >= 0.6 is 11.6 Å². The van der Waals surface area contributed by atoms with Gasteiger partial charge in [-0.3, -0.25) is 14.5 Å². The molecule has 164 valence electrons. The van der Waals surface area contributed by atoms with E-state index in [2.05, 4.69) is 0 Å². The minimum Gasteiger partial charge on any atom is -0.449 e. The van der Waals surface area contributed by atoms with Crippen LogP contribution in [0.15, 0.2) is 47.4 Å². The summed E-state index contributed by atoms with van der Waals surface area (Å²) in [7, 11) is -4.18. The Kier molecular flexibility index (Phi) is 6.73. The number of imide groups is 1. The predicted molar refractivity (Wildman–Crippen MR) is 108 cm³/mol. The van der Waals surface area contributed by atoms with Crippen LogP contribution in [0.3, 0.4) is 0 Å². The number of ether oxygens (including phenoxy) is 1. The molecule has 1 atom stereocenters. The highest BCUT2D eigenvalue weighted by molar-refractivity contribution is 7.89. The number of rotatable bonds is 4. The van der Waals surface area contributed by atoms with Crippen LogP contribution in [0.25, 0.3) is 0 Å². The van der Waals surface area contributed by atoms with Gasteiger partial charge < -0.3 is 4.74 Å². The van der Waals surface area contributed by atoms with Gasteiger partial charge in [0.25, 0.3) is 11.8 Å². The van der Waals surface area contributed by atoms with Gasteiger partial charge in [0.2, 0.25) is 10.0 Å². The Balaban J connectivity index is 1.81. The van der Waals surface area contributed by atoms with Crippen LogP contribution < -0.4 is 5.14 Å². The summed E-state index contributed by atoms with van der Waals surface area (Å²) in [6.45, 7) is 0.125. The number of amides is 2. The third kappa shape index (κ3) is 5.27. The van der Waals surface area contributed by atoms with E-state index in [4.69, 9.17) is 21.5 Å². The summed E-state index contributed by atoms with van der Waals surface area (Å²) in [6.07, 6.45) is -0.0377. The minimum absolute atomic E-state index is 0.122. The highest BCUT2D eigenvalue weighted by Crippen LogP contribution is 2.24. The Morgan fingerprint density at radius 3 is 2.39 bits per heavy atom. The SMILES string of the molecule is NS(=O)(=O)c1cc(C(=O)O[C@H]2CCCCN(C(=O)c3ccc(F)cc3)C2=O)ccc1Cl. The third-order valence-electron chi connectivity index (χ3n) is 4.70. The number of hydrogen-bond acceptors (Lipinski definition) is 6. The number of hydrogen-bond donors (Lipinski definition) is 1. The van der Waals surface area contributed by atoms with Crippen molar-refractivity contribution < 1.29 is 31.9 Å². The smallest absolute Gasteiger partial charge is 0.338 e. The molecule has 0 aromatic heterocycles. The Morgan fingerprint density at radius 2 is 1.74 bits per heavy atom. The van der Waals surface area contributed by atoms with E-state index in [-0.39, 0.29) is 29.1 Å². The predicted octanol–water partition coefficient (Wildman–Crippen LogP) is 2.50. The van der Waals surface area contributed by atoms with E-state index in [1.807, 2.05) is 0 Å². The molecule has 1 heterocycles. The number of esters is 1. The average molecular weight is 469 g/mol. The summed E-state index contributed by atoms with van der Waals surface area (Å²) < 4.78 is 41.6. The van der Waals surface area contributed by atoms with E-state index in [0.717, 1.165) is 23.1 Å². The van der Waals surface area contributed by atoms with Crippen molar-refractivity contribution in [3.05, 3.63) is 64.4 Å². The number of likely N-dealkylation sites (tertiary alicyclic amines) is 1. The Hall–Kier alpha value is -2.82. The molecule has 0 radical (unpaired) electrons. The maximum Gasteiger partial charge on any atom is 0.338 e. The van der Waals surface area contributed by atoms with Gasteiger partial charge in [0.05, 0.1) is 10.6 Å². The van der Waals surface area contributed by atoms with Crippen molar-refractivity contribution in [3.63, 3.8) is 0 Å². The fraction of sp³-hybridized carbons (Fsp3) is 0.250. The molecule has 2 aromatic rings. The van der Waals surface area contributed by atoms with Crippen LogP contribution in [-0.2, 0) is 19.6 Å². The summed E-state index contributed by atoms with van der Waals surface area (Å²) >= 11 is 5.81. The van der Waals surface area contributed by atoms with Crippen molar-refractivity contribution in [2.75, 3.05) is 6.54 Å². The molecule has 0 spiro atoms. The van der Waals surface area contributed by atoms with Gasteiger partial charge in [-0.2, -0.15) is 0 Å². The second-order valence-corrected chi connectivity index (χ2v) is 8.82. The Morgan fingerprint density at radius 1 is 1.10 bits per heavy atom. The lowest BCUT2D eigenvalue weighted by molar-refractivity contribution is -0.137. The van der Waals surface area contributed by atoms with Crippen molar-refractivity contribution in [1.82, 2.24) is 4.90 Å². The summed E-state index contributed by atoms with van der Waals surface area (Å²) in [4.78, 5) is 38.7. The molecule has 2 N–H and O–H groups in total. The fourth-order valence-electron chi connectivity index (χ4n) is 3.11. The second-order valence-electron chi connectivity index (χ2n) is 6.88. The van der Waals surface area contributed by atoms with Crippen LogP contribution in [-0.4, -0.2) is 43.8 Å². The van der Waals surface area contributed by atoms with Gasteiger partial charge in [-0.15, -0.1) is 0 Å². The first-order chi connectivity index (χ1) is 14.6. The largest absolute Gasteiger partial charge is 0.449 e. The van der Waals surface area contributed by atoms with Crippen LogP contribution in [0.2, 0.25) is 5.02 Å². The van der Waals surface area contributed by atoms with E-state index < -0.39 is 44.6 Å². The maximum atomic E-state index is 13.1. The van der Waals surface area contributed by atoms with Crippen molar-refractivity contribution in [2.45, 2.75) is 30.3 Å². The first kappa shape index (κ1) is 22.9. The molecule has 1 fully saturated rings. The number of halogens is 2. The first-order valence-corrected chi connectivity index (χ1v) is 11.1. The number of sulfonamides is 1. The molecule has 1 saturated heterocycles.